The maximum atomic E-state index is 12.5. The summed E-state index contributed by atoms with van der Waals surface area (Å²) in [6.07, 6.45) is 4.51. The van der Waals surface area contributed by atoms with Crippen molar-refractivity contribution in [1.29, 1.82) is 0 Å². The topological polar surface area (TPSA) is 51.8 Å². The van der Waals surface area contributed by atoms with Gasteiger partial charge in [0, 0.05) is 5.57 Å². The smallest absolute Gasteiger partial charge is 0.146 e. The predicted octanol–water partition coefficient (Wildman–Crippen LogP) is 2.50. The van der Waals surface area contributed by atoms with E-state index in [9.17, 15) is 4.39 Å². The normalized spacial score (nSPS) is 12.7. The molecule has 78 valence electrons. The van der Waals surface area contributed by atoms with Crippen LogP contribution in [0, 0.1) is 0 Å². The highest BCUT2D eigenvalue weighted by molar-refractivity contribution is 5.72. The molecule has 4 heteroatoms. The molecule has 3 nitrogen and oxygen atoms in total. The van der Waals surface area contributed by atoms with Gasteiger partial charge in [-0.05, 0) is 25.1 Å². The zero-order valence-corrected chi connectivity index (χ0v) is 8.44. The Hall–Kier alpha value is -1.97. The molecular weight excluding hydrogens is 193 g/mol. The van der Waals surface area contributed by atoms with Crippen LogP contribution >= 0.6 is 0 Å². The molecule has 0 radical (unpaired) electrons. The summed E-state index contributed by atoms with van der Waals surface area (Å²) >= 11 is 0. The summed E-state index contributed by atoms with van der Waals surface area (Å²) in [5.41, 5.74) is 6.70. The van der Waals surface area contributed by atoms with Crippen molar-refractivity contribution in [3.05, 3.63) is 48.5 Å². The molecule has 0 aliphatic heterocycles. The standard InChI is InChI=1S/C11H12FN3/c1-3-9(5-4-8(2)12)10-6-7-11(13)15-14-10/h3-7H,1H2,2H3,(H2,13,15). The molecule has 2 N–H and O–H groups in total. The van der Waals surface area contributed by atoms with Gasteiger partial charge in [0.2, 0.25) is 0 Å². The summed E-state index contributed by atoms with van der Waals surface area (Å²) in [5, 5.41) is 7.56. The third kappa shape index (κ3) is 3.34. The third-order valence-electron chi connectivity index (χ3n) is 1.69. The van der Waals surface area contributed by atoms with Crippen molar-refractivity contribution in [2.45, 2.75) is 6.92 Å². The Morgan fingerprint density at radius 3 is 2.60 bits per heavy atom. The van der Waals surface area contributed by atoms with Gasteiger partial charge in [0.15, 0.2) is 0 Å². The van der Waals surface area contributed by atoms with Gasteiger partial charge in [-0.25, -0.2) is 4.39 Å². The molecule has 1 heterocycles. The fourth-order valence-corrected chi connectivity index (χ4v) is 0.959. The molecule has 0 saturated carbocycles. The number of rotatable bonds is 3. The van der Waals surface area contributed by atoms with Gasteiger partial charge in [-0.3, -0.25) is 0 Å². The fourth-order valence-electron chi connectivity index (χ4n) is 0.959. The quantitative estimate of drug-likeness (QED) is 0.771. The van der Waals surface area contributed by atoms with Crippen molar-refractivity contribution in [2.24, 2.45) is 0 Å². The van der Waals surface area contributed by atoms with Gasteiger partial charge < -0.3 is 5.73 Å². The first-order valence-corrected chi connectivity index (χ1v) is 4.39. The fraction of sp³-hybridized carbons (Fsp3) is 0.0909. The van der Waals surface area contributed by atoms with Crippen LogP contribution in [0.15, 0.2) is 42.8 Å². The Bertz CT molecular complexity index is 400. The van der Waals surface area contributed by atoms with Crippen LogP contribution < -0.4 is 5.73 Å². The minimum atomic E-state index is -0.280. The molecule has 0 aromatic carbocycles. The van der Waals surface area contributed by atoms with Crippen molar-refractivity contribution in [3.63, 3.8) is 0 Å². The highest BCUT2D eigenvalue weighted by Gasteiger charge is 1.98. The highest BCUT2D eigenvalue weighted by Crippen LogP contribution is 2.13. The number of aromatic nitrogens is 2. The van der Waals surface area contributed by atoms with Crippen LogP contribution in [-0.2, 0) is 0 Å². The molecule has 0 atom stereocenters. The largest absolute Gasteiger partial charge is 0.382 e. The Labute approximate surface area is 87.8 Å². The second-order valence-corrected chi connectivity index (χ2v) is 2.92. The maximum absolute atomic E-state index is 12.5. The van der Waals surface area contributed by atoms with E-state index in [1.54, 1.807) is 24.3 Å². The summed E-state index contributed by atoms with van der Waals surface area (Å²) in [4.78, 5) is 0. The van der Waals surface area contributed by atoms with Crippen molar-refractivity contribution in [1.82, 2.24) is 10.2 Å². The highest BCUT2D eigenvalue weighted by atomic mass is 19.1. The number of allylic oxidation sites excluding steroid dienone is 5. The average Bonchev–Trinajstić information content (AvgIpc) is 2.21. The van der Waals surface area contributed by atoms with Gasteiger partial charge in [0.25, 0.3) is 0 Å². The number of hydrogen-bond acceptors (Lipinski definition) is 3. The second kappa shape index (κ2) is 5.05. The van der Waals surface area contributed by atoms with E-state index in [2.05, 4.69) is 16.8 Å². The van der Waals surface area contributed by atoms with Gasteiger partial charge in [-0.15, -0.1) is 10.2 Å². The number of nitrogens with zero attached hydrogens (tertiary/aromatic N) is 2. The second-order valence-electron chi connectivity index (χ2n) is 2.92. The van der Waals surface area contributed by atoms with Crippen LogP contribution in [0.1, 0.15) is 12.6 Å². The van der Waals surface area contributed by atoms with Gasteiger partial charge in [0.1, 0.15) is 5.82 Å². The summed E-state index contributed by atoms with van der Waals surface area (Å²) in [5.74, 6) is 0.0668. The first kappa shape index (κ1) is 11.1. The van der Waals surface area contributed by atoms with E-state index >= 15 is 0 Å². The van der Waals surface area contributed by atoms with Gasteiger partial charge >= 0.3 is 0 Å². The van der Waals surface area contributed by atoms with E-state index in [1.165, 1.54) is 13.0 Å². The van der Waals surface area contributed by atoms with E-state index in [0.717, 1.165) is 0 Å². The van der Waals surface area contributed by atoms with E-state index in [-0.39, 0.29) is 5.83 Å². The number of anilines is 1. The summed E-state index contributed by atoms with van der Waals surface area (Å²) < 4.78 is 12.5. The third-order valence-corrected chi connectivity index (χ3v) is 1.69. The van der Waals surface area contributed by atoms with Gasteiger partial charge in [-0.2, -0.15) is 0 Å². The molecule has 0 spiro atoms. The minimum absolute atomic E-state index is 0.280. The molecule has 0 amide bonds. The Morgan fingerprint density at radius 1 is 1.40 bits per heavy atom. The van der Waals surface area contributed by atoms with Gasteiger partial charge in [0.05, 0.1) is 11.5 Å². The van der Waals surface area contributed by atoms with Crippen molar-refractivity contribution < 1.29 is 4.39 Å². The predicted molar refractivity (Wildman–Crippen MR) is 59.5 cm³/mol. The number of hydrogen-bond donors (Lipinski definition) is 1. The maximum Gasteiger partial charge on any atom is 0.146 e. The lowest BCUT2D eigenvalue weighted by Gasteiger charge is -1.99. The Kier molecular flexibility index (Phi) is 3.74. The van der Waals surface area contributed by atoms with Crippen molar-refractivity contribution in [2.75, 3.05) is 5.73 Å². The summed E-state index contributed by atoms with van der Waals surface area (Å²) in [7, 11) is 0. The first-order chi connectivity index (χ1) is 7.13. The van der Waals surface area contributed by atoms with E-state index < -0.39 is 0 Å². The Morgan fingerprint density at radius 2 is 2.13 bits per heavy atom. The summed E-state index contributed by atoms with van der Waals surface area (Å²) in [6, 6.07) is 3.34. The molecule has 1 aromatic heterocycles. The van der Waals surface area contributed by atoms with Crippen LogP contribution in [-0.4, -0.2) is 10.2 Å². The lowest BCUT2D eigenvalue weighted by Crippen LogP contribution is -1.95. The minimum Gasteiger partial charge on any atom is -0.382 e. The van der Waals surface area contributed by atoms with E-state index in [1.807, 2.05) is 0 Å². The molecule has 0 unspecified atom stereocenters. The van der Waals surface area contributed by atoms with E-state index in [4.69, 9.17) is 5.73 Å². The average molecular weight is 205 g/mol. The lowest BCUT2D eigenvalue weighted by atomic mass is 10.1. The number of halogens is 1. The number of nitrogen functional groups attached to an aromatic ring is 1. The molecule has 1 rings (SSSR count). The first-order valence-electron chi connectivity index (χ1n) is 4.39. The van der Waals surface area contributed by atoms with Crippen molar-refractivity contribution >= 4 is 11.4 Å². The SMILES string of the molecule is C=CC(=CC=C(C)F)c1ccc(N)nn1. The van der Waals surface area contributed by atoms with Gasteiger partial charge in [-0.1, -0.05) is 18.7 Å². The molecule has 15 heavy (non-hydrogen) atoms. The molecular formula is C11H12FN3. The molecule has 0 saturated heterocycles. The van der Waals surface area contributed by atoms with E-state index in [0.29, 0.717) is 17.1 Å². The number of nitrogens with two attached hydrogens (primary N) is 1. The molecule has 0 fully saturated rings. The summed E-state index contributed by atoms with van der Waals surface area (Å²) in [6.45, 7) is 4.99. The zero-order chi connectivity index (χ0) is 11.3. The van der Waals surface area contributed by atoms with Crippen LogP contribution in [0.25, 0.3) is 5.57 Å². The van der Waals surface area contributed by atoms with Crippen LogP contribution in [0.4, 0.5) is 10.2 Å². The molecule has 0 aliphatic carbocycles. The Balaban J connectivity index is 3.02. The monoisotopic (exact) mass is 205 g/mol. The van der Waals surface area contributed by atoms with Crippen LogP contribution in [0.3, 0.4) is 0 Å². The molecule has 1 aromatic rings. The van der Waals surface area contributed by atoms with Crippen LogP contribution in [0.2, 0.25) is 0 Å². The van der Waals surface area contributed by atoms with Crippen molar-refractivity contribution in [3.8, 4) is 0 Å². The lowest BCUT2D eigenvalue weighted by molar-refractivity contribution is 0.641. The zero-order valence-electron chi connectivity index (χ0n) is 8.44. The molecule has 0 bridgehead atoms. The molecule has 0 aliphatic rings. The van der Waals surface area contributed by atoms with Crippen LogP contribution in [0.5, 0.6) is 0 Å².